The molecule has 3 rings (SSSR count). The van der Waals surface area contributed by atoms with Crippen molar-refractivity contribution in [3.63, 3.8) is 0 Å². The molecule has 1 aromatic carbocycles. The maximum atomic E-state index is 13.4. The van der Waals surface area contributed by atoms with Gasteiger partial charge in [-0.25, -0.2) is 4.98 Å². The first kappa shape index (κ1) is 21.3. The van der Waals surface area contributed by atoms with E-state index >= 15 is 0 Å². The maximum Gasteiger partial charge on any atom is 0.235 e. The minimum Gasteiger partial charge on any atom is -0.475 e. The van der Waals surface area contributed by atoms with Gasteiger partial charge < -0.3 is 14.8 Å². The molecule has 29 heavy (non-hydrogen) atoms. The monoisotopic (exact) mass is 396 g/mol. The number of benzene rings is 1. The van der Waals surface area contributed by atoms with Gasteiger partial charge in [-0.2, -0.15) is 0 Å². The number of nitrogens with zero attached hydrogens (tertiary/aromatic N) is 1. The molecule has 0 aliphatic heterocycles. The van der Waals surface area contributed by atoms with E-state index in [1.54, 1.807) is 6.20 Å². The highest BCUT2D eigenvalue weighted by atomic mass is 16.5. The van der Waals surface area contributed by atoms with Crippen LogP contribution in [0.3, 0.4) is 0 Å². The van der Waals surface area contributed by atoms with Crippen LogP contribution in [0.15, 0.2) is 36.5 Å². The third kappa shape index (κ3) is 5.15. The Morgan fingerprint density at radius 1 is 1.10 bits per heavy atom. The van der Waals surface area contributed by atoms with Gasteiger partial charge in [0.05, 0.1) is 23.9 Å². The van der Waals surface area contributed by atoms with Gasteiger partial charge in [0.2, 0.25) is 11.8 Å². The number of carbonyl (C=O) groups excluding carboxylic acids is 1. The van der Waals surface area contributed by atoms with Crippen LogP contribution in [0.2, 0.25) is 0 Å². The van der Waals surface area contributed by atoms with Gasteiger partial charge in [-0.15, -0.1) is 0 Å². The van der Waals surface area contributed by atoms with E-state index in [1.807, 2.05) is 19.9 Å². The summed E-state index contributed by atoms with van der Waals surface area (Å²) in [5.41, 5.74) is 3.46. The van der Waals surface area contributed by atoms with E-state index in [0.717, 1.165) is 36.8 Å². The Bertz CT molecular complexity index is 811. The Kier molecular flexibility index (Phi) is 7.26. The van der Waals surface area contributed by atoms with Crippen molar-refractivity contribution in [3.8, 4) is 5.88 Å². The van der Waals surface area contributed by atoms with Crippen LogP contribution in [0.1, 0.15) is 55.7 Å². The summed E-state index contributed by atoms with van der Waals surface area (Å²) in [6, 6.07) is 10.3. The van der Waals surface area contributed by atoms with Gasteiger partial charge in [-0.1, -0.05) is 49.1 Å². The minimum absolute atomic E-state index is 0.0623. The second kappa shape index (κ2) is 9.88. The zero-order chi connectivity index (χ0) is 20.7. The molecule has 156 valence electrons. The summed E-state index contributed by atoms with van der Waals surface area (Å²) < 4.78 is 11.0. The highest BCUT2D eigenvalue weighted by Crippen LogP contribution is 2.40. The lowest BCUT2D eigenvalue weighted by Gasteiger charge is -2.36. The zero-order valence-electron chi connectivity index (χ0n) is 17.8. The van der Waals surface area contributed by atoms with Crippen LogP contribution in [-0.4, -0.2) is 30.7 Å². The van der Waals surface area contributed by atoms with Crippen LogP contribution in [0, 0.1) is 13.8 Å². The largest absolute Gasteiger partial charge is 0.475 e. The summed E-state index contributed by atoms with van der Waals surface area (Å²) in [6.07, 6.45) is 6.78. The summed E-state index contributed by atoms with van der Waals surface area (Å²) in [5, 5.41) is 3.13. The molecule has 5 nitrogen and oxygen atoms in total. The predicted octanol–water partition coefficient (Wildman–Crippen LogP) is 4.95. The van der Waals surface area contributed by atoms with Gasteiger partial charge in [0.25, 0.3) is 0 Å². The highest BCUT2D eigenvalue weighted by Gasteiger charge is 2.41. The van der Waals surface area contributed by atoms with E-state index in [-0.39, 0.29) is 5.91 Å². The van der Waals surface area contributed by atoms with Crippen molar-refractivity contribution in [2.24, 2.45) is 0 Å². The first-order valence-corrected chi connectivity index (χ1v) is 10.6. The number of rotatable bonds is 8. The molecule has 0 spiro atoms. The standard InChI is InChI=1S/C24H32N2O3/c1-4-28-14-15-29-22-19(3)16-21(17-25-22)26-23(27)24(12-6-5-7-13-24)20-10-8-18(2)9-11-20/h8-11,16-17H,4-7,12-15H2,1-3H3,(H,26,27). The van der Waals surface area contributed by atoms with Crippen molar-refractivity contribution in [2.45, 2.75) is 58.3 Å². The van der Waals surface area contributed by atoms with Crippen molar-refractivity contribution in [2.75, 3.05) is 25.1 Å². The number of ether oxygens (including phenoxy) is 2. The van der Waals surface area contributed by atoms with E-state index in [2.05, 4.69) is 41.5 Å². The second-order valence-electron chi connectivity index (χ2n) is 7.85. The predicted molar refractivity (Wildman–Crippen MR) is 116 cm³/mol. The van der Waals surface area contributed by atoms with Crippen LogP contribution < -0.4 is 10.1 Å². The summed E-state index contributed by atoms with van der Waals surface area (Å²) >= 11 is 0. The van der Waals surface area contributed by atoms with Gasteiger partial charge in [0, 0.05) is 12.2 Å². The molecule has 1 N–H and O–H groups in total. The van der Waals surface area contributed by atoms with Crippen LogP contribution in [0.5, 0.6) is 5.88 Å². The number of amides is 1. The van der Waals surface area contributed by atoms with Crippen molar-refractivity contribution in [1.29, 1.82) is 0 Å². The normalized spacial score (nSPS) is 15.7. The number of hydrogen-bond donors (Lipinski definition) is 1. The second-order valence-corrected chi connectivity index (χ2v) is 7.85. The molecular formula is C24H32N2O3. The number of carbonyl (C=O) groups is 1. The lowest BCUT2D eigenvalue weighted by Crippen LogP contribution is -2.42. The van der Waals surface area contributed by atoms with Crippen molar-refractivity contribution in [3.05, 3.63) is 53.2 Å². The van der Waals surface area contributed by atoms with Gasteiger partial charge in [-0.05, 0) is 45.2 Å². The number of pyridine rings is 1. The van der Waals surface area contributed by atoms with E-state index < -0.39 is 5.41 Å². The van der Waals surface area contributed by atoms with Crippen LogP contribution in [0.25, 0.3) is 0 Å². The van der Waals surface area contributed by atoms with E-state index in [1.165, 1.54) is 12.0 Å². The Morgan fingerprint density at radius 3 is 2.48 bits per heavy atom. The third-order valence-corrected chi connectivity index (χ3v) is 5.70. The number of aromatic nitrogens is 1. The molecule has 2 aromatic rings. The van der Waals surface area contributed by atoms with Crippen molar-refractivity contribution >= 4 is 11.6 Å². The lowest BCUT2D eigenvalue weighted by molar-refractivity contribution is -0.122. The fraction of sp³-hybridized carbons (Fsp3) is 0.500. The molecule has 5 heteroatoms. The first-order valence-electron chi connectivity index (χ1n) is 10.6. The molecule has 0 saturated heterocycles. The molecule has 0 radical (unpaired) electrons. The molecule has 1 amide bonds. The quantitative estimate of drug-likeness (QED) is 0.641. The SMILES string of the molecule is CCOCCOc1ncc(NC(=O)C2(c3ccc(C)cc3)CCCCC2)cc1C. The van der Waals surface area contributed by atoms with Crippen LogP contribution in [0.4, 0.5) is 5.69 Å². The molecule has 1 aromatic heterocycles. The van der Waals surface area contributed by atoms with Crippen LogP contribution in [-0.2, 0) is 14.9 Å². The molecule has 1 heterocycles. The summed E-state index contributed by atoms with van der Waals surface area (Å²) in [6.45, 7) is 7.64. The molecule has 0 atom stereocenters. The van der Waals surface area contributed by atoms with E-state index in [4.69, 9.17) is 9.47 Å². The number of hydrogen-bond acceptors (Lipinski definition) is 4. The molecule has 1 fully saturated rings. The third-order valence-electron chi connectivity index (χ3n) is 5.70. The van der Waals surface area contributed by atoms with E-state index in [0.29, 0.717) is 31.4 Å². The van der Waals surface area contributed by atoms with Crippen LogP contribution >= 0.6 is 0 Å². The van der Waals surface area contributed by atoms with E-state index in [9.17, 15) is 4.79 Å². The lowest BCUT2D eigenvalue weighted by atomic mass is 9.68. The van der Waals surface area contributed by atoms with Crippen molar-refractivity contribution < 1.29 is 14.3 Å². The number of anilines is 1. The Morgan fingerprint density at radius 2 is 1.83 bits per heavy atom. The Hall–Kier alpha value is -2.40. The van der Waals surface area contributed by atoms with Gasteiger partial charge in [-0.3, -0.25) is 4.79 Å². The Balaban J connectivity index is 1.74. The molecule has 1 aliphatic carbocycles. The number of aryl methyl sites for hydroxylation is 2. The molecular weight excluding hydrogens is 364 g/mol. The molecule has 0 unspecified atom stereocenters. The molecule has 1 saturated carbocycles. The van der Waals surface area contributed by atoms with Gasteiger partial charge >= 0.3 is 0 Å². The van der Waals surface area contributed by atoms with Gasteiger partial charge in [0.1, 0.15) is 6.61 Å². The average Bonchev–Trinajstić information content (AvgIpc) is 2.73. The zero-order valence-corrected chi connectivity index (χ0v) is 17.8. The van der Waals surface area contributed by atoms with Gasteiger partial charge in [0.15, 0.2) is 0 Å². The fourth-order valence-electron chi connectivity index (χ4n) is 4.05. The topological polar surface area (TPSA) is 60.5 Å². The maximum absolute atomic E-state index is 13.4. The summed E-state index contributed by atoms with van der Waals surface area (Å²) in [7, 11) is 0. The minimum atomic E-state index is -0.466. The summed E-state index contributed by atoms with van der Waals surface area (Å²) in [4.78, 5) is 17.8. The smallest absolute Gasteiger partial charge is 0.235 e. The first-order chi connectivity index (χ1) is 14.0. The number of nitrogens with one attached hydrogen (secondary N) is 1. The Labute approximate surface area is 173 Å². The summed E-state index contributed by atoms with van der Waals surface area (Å²) in [5.74, 6) is 0.640. The van der Waals surface area contributed by atoms with Crippen molar-refractivity contribution in [1.82, 2.24) is 4.98 Å². The fourth-order valence-corrected chi connectivity index (χ4v) is 4.05. The molecule has 0 bridgehead atoms. The highest BCUT2D eigenvalue weighted by molar-refractivity contribution is 5.99. The molecule has 1 aliphatic rings. The average molecular weight is 397 g/mol.